The highest BCUT2D eigenvalue weighted by Gasteiger charge is 2.11. The third-order valence-electron chi connectivity index (χ3n) is 3.55. The van der Waals surface area contributed by atoms with Gasteiger partial charge >= 0.3 is 0 Å². The van der Waals surface area contributed by atoms with Crippen LogP contribution in [-0.2, 0) is 0 Å². The van der Waals surface area contributed by atoms with Crippen LogP contribution in [0.1, 0.15) is 15.9 Å². The highest BCUT2D eigenvalue weighted by molar-refractivity contribution is 6.06. The van der Waals surface area contributed by atoms with E-state index < -0.39 is 0 Å². The van der Waals surface area contributed by atoms with Gasteiger partial charge in [0.15, 0.2) is 0 Å². The first-order valence-electron chi connectivity index (χ1n) is 7.32. The minimum absolute atomic E-state index is 0.253. The van der Waals surface area contributed by atoms with Gasteiger partial charge in [-0.1, -0.05) is 6.07 Å². The van der Waals surface area contributed by atoms with E-state index in [1.54, 1.807) is 36.4 Å². The minimum Gasteiger partial charge on any atom is -0.362 e. The molecule has 0 aliphatic carbocycles. The smallest absolute Gasteiger partial charge is 0.255 e. The van der Waals surface area contributed by atoms with E-state index in [2.05, 4.69) is 15.3 Å². The van der Waals surface area contributed by atoms with Crippen molar-refractivity contribution in [1.82, 2.24) is 9.97 Å². The average Bonchev–Trinajstić information content (AvgIpc) is 2.60. The Labute approximate surface area is 139 Å². The second kappa shape index (κ2) is 6.34. The van der Waals surface area contributed by atoms with Gasteiger partial charge in [-0.15, -0.1) is 0 Å². The van der Waals surface area contributed by atoms with Crippen molar-refractivity contribution < 1.29 is 4.79 Å². The van der Waals surface area contributed by atoms with E-state index >= 15 is 0 Å². The lowest BCUT2D eigenvalue weighted by Gasteiger charge is -2.13. The van der Waals surface area contributed by atoms with Crippen LogP contribution in [-0.4, -0.2) is 30.0 Å². The Morgan fingerprint density at radius 2 is 2.00 bits per heavy atom. The summed E-state index contributed by atoms with van der Waals surface area (Å²) < 4.78 is 0. The van der Waals surface area contributed by atoms with E-state index in [-0.39, 0.29) is 5.91 Å². The summed E-state index contributed by atoms with van der Waals surface area (Å²) in [4.78, 5) is 22.8. The molecule has 1 aromatic heterocycles. The molecule has 118 valence electrons. The van der Waals surface area contributed by atoms with Gasteiger partial charge in [0.2, 0.25) is 0 Å². The molecule has 1 N–H and O–H groups in total. The number of anilines is 2. The molecule has 0 atom stereocenters. The summed E-state index contributed by atoms with van der Waals surface area (Å²) in [7, 11) is 3.81. The maximum absolute atomic E-state index is 12.4. The summed E-state index contributed by atoms with van der Waals surface area (Å²) >= 11 is 0. The van der Waals surface area contributed by atoms with Crippen LogP contribution in [0.15, 0.2) is 48.8 Å². The fourth-order valence-corrected chi connectivity index (χ4v) is 2.41. The number of rotatable bonds is 3. The molecule has 6 heteroatoms. The fraction of sp³-hybridized carbons (Fsp3) is 0.111. The van der Waals surface area contributed by atoms with Crippen molar-refractivity contribution in [3.05, 3.63) is 59.9 Å². The summed E-state index contributed by atoms with van der Waals surface area (Å²) in [5.74, 6) is 0.547. The van der Waals surface area contributed by atoms with Crippen LogP contribution < -0.4 is 10.2 Å². The molecule has 0 bridgehead atoms. The first kappa shape index (κ1) is 15.4. The topological polar surface area (TPSA) is 81.9 Å². The zero-order chi connectivity index (χ0) is 17.1. The maximum Gasteiger partial charge on any atom is 0.255 e. The van der Waals surface area contributed by atoms with Crippen LogP contribution in [0.2, 0.25) is 0 Å². The summed E-state index contributed by atoms with van der Waals surface area (Å²) in [5.41, 5.74) is 2.27. The summed E-state index contributed by atoms with van der Waals surface area (Å²) in [6, 6.07) is 14.1. The van der Waals surface area contributed by atoms with Crippen molar-refractivity contribution in [2.75, 3.05) is 24.3 Å². The number of fused-ring (bicyclic) bond motifs is 1. The average molecular weight is 317 g/mol. The second-order valence-electron chi connectivity index (χ2n) is 5.47. The third-order valence-corrected chi connectivity index (χ3v) is 3.55. The molecule has 3 rings (SSSR count). The van der Waals surface area contributed by atoms with Crippen molar-refractivity contribution >= 4 is 28.3 Å². The third kappa shape index (κ3) is 3.01. The van der Waals surface area contributed by atoms with Crippen molar-refractivity contribution in [2.24, 2.45) is 0 Å². The van der Waals surface area contributed by atoms with Crippen molar-refractivity contribution in [3.63, 3.8) is 0 Å². The molecule has 0 radical (unpaired) electrons. The molecule has 0 unspecified atom stereocenters. The predicted molar refractivity (Wildman–Crippen MR) is 93.0 cm³/mol. The number of carbonyl (C=O) groups excluding carboxylic acids is 1. The molecule has 0 saturated carbocycles. The number of hydrogen-bond acceptors (Lipinski definition) is 5. The van der Waals surface area contributed by atoms with Gasteiger partial charge in [0, 0.05) is 30.7 Å². The lowest BCUT2D eigenvalue weighted by Crippen LogP contribution is -2.13. The molecule has 2 aromatic carbocycles. The highest BCUT2D eigenvalue weighted by atomic mass is 16.1. The number of aromatic nitrogens is 2. The molecule has 3 aromatic rings. The van der Waals surface area contributed by atoms with E-state index in [1.807, 2.05) is 31.1 Å². The Balaban J connectivity index is 1.92. The van der Waals surface area contributed by atoms with E-state index in [1.165, 1.54) is 6.33 Å². The van der Waals surface area contributed by atoms with Crippen LogP contribution in [0.25, 0.3) is 10.9 Å². The summed E-state index contributed by atoms with van der Waals surface area (Å²) in [5, 5.41) is 12.6. The molecular formula is C18H15N5O. The van der Waals surface area contributed by atoms with Gasteiger partial charge in [-0.05, 0) is 36.4 Å². The zero-order valence-corrected chi connectivity index (χ0v) is 13.3. The molecule has 1 heterocycles. The lowest BCUT2D eigenvalue weighted by atomic mass is 10.1. The van der Waals surface area contributed by atoms with E-state index in [4.69, 9.17) is 5.26 Å². The number of hydrogen-bond donors (Lipinski definition) is 1. The van der Waals surface area contributed by atoms with Gasteiger partial charge in [0.1, 0.15) is 12.1 Å². The molecule has 0 aliphatic heterocycles. The van der Waals surface area contributed by atoms with Gasteiger partial charge in [-0.3, -0.25) is 4.79 Å². The molecule has 24 heavy (non-hydrogen) atoms. The molecule has 6 nitrogen and oxygen atoms in total. The largest absolute Gasteiger partial charge is 0.362 e. The van der Waals surface area contributed by atoms with Crippen molar-refractivity contribution in [2.45, 2.75) is 0 Å². The molecule has 0 aliphatic rings. The van der Waals surface area contributed by atoms with Gasteiger partial charge in [-0.2, -0.15) is 5.26 Å². The number of amides is 1. The van der Waals surface area contributed by atoms with Gasteiger partial charge in [-0.25, -0.2) is 9.97 Å². The SMILES string of the molecule is CN(C)c1ncnc2cc(C(=O)Nc3cccc(C#N)c3)ccc12. The number of nitriles is 1. The highest BCUT2D eigenvalue weighted by Crippen LogP contribution is 2.22. The second-order valence-corrected chi connectivity index (χ2v) is 5.47. The maximum atomic E-state index is 12.4. The van der Waals surface area contributed by atoms with Crippen LogP contribution >= 0.6 is 0 Å². The number of benzene rings is 2. The van der Waals surface area contributed by atoms with Crippen LogP contribution in [0.4, 0.5) is 11.5 Å². The van der Waals surface area contributed by atoms with Crippen LogP contribution in [0, 0.1) is 11.3 Å². The first-order valence-corrected chi connectivity index (χ1v) is 7.32. The monoisotopic (exact) mass is 317 g/mol. The molecule has 0 fully saturated rings. The van der Waals surface area contributed by atoms with Gasteiger partial charge < -0.3 is 10.2 Å². The van der Waals surface area contributed by atoms with Crippen molar-refractivity contribution in [1.29, 1.82) is 5.26 Å². The minimum atomic E-state index is -0.253. The van der Waals surface area contributed by atoms with Crippen LogP contribution in [0.3, 0.4) is 0 Å². The quantitative estimate of drug-likeness (QED) is 0.803. The van der Waals surface area contributed by atoms with Crippen LogP contribution in [0.5, 0.6) is 0 Å². The Kier molecular flexibility index (Phi) is 4.08. The van der Waals surface area contributed by atoms with E-state index in [0.717, 1.165) is 11.2 Å². The van der Waals surface area contributed by atoms with E-state index in [9.17, 15) is 4.79 Å². The Hall–Kier alpha value is -3.46. The fourth-order valence-electron chi connectivity index (χ4n) is 2.41. The van der Waals surface area contributed by atoms with Crippen molar-refractivity contribution in [3.8, 4) is 6.07 Å². The van der Waals surface area contributed by atoms with E-state index in [0.29, 0.717) is 22.3 Å². The Morgan fingerprint density at radius 3 is 2.75 bits per heavy atom. The number of carbonyl (C=O) groups is 1. The predicted octanol–water partition coefficient (Wildman–Crippen LogP) is 2.82. The standard InChI is InChI=1S/C18H15N5O/c1-23(2)17-15-7-6-13(9-16(15)20-11-21-17)18(24)22-14-5-3-4-12(8-14)10-19/h3-9,11H,1-2H3,(H,22,24). The summed E-state index contributed by atoms with van der Waals surface area (Å²) in [6.07, 6.45) is 1.48. The van der Waals surface area contributed by atoms with Gasteiger partial charge in [0.25, 0.3) is 5.91 Å². The van der Waals surface area contributed by atoms with Gasteiger partial charge in [0.05, 0.1) is 17.1 Å². The lowest BCUT2D eigenvalue weighted by molar-refractivity contribution is 0.102. The Morgan fingerprint density at radius 1 is 1.17 bits per heavy atom. The molecule has 0 saturated heterocycles. The summed E-state index contributed by atoms with van der Waals surface area (Å²) in [6.45, 7) is 0. The molecule has 1 amide bonds. The zero-order valence-electron chi connectivity index (χ0n) is 13.3. The number of nitrogens with one attached hydrogen (secondary N) is 1. The molecular weight excluding hydrogens is 302 g/mol. The molecule has 0 spiro atoms. The Bertz CT molecular complexity index is 959. The number of nitrogens with zero attached hydrogens (tertiary/aromatic N) is 4. The normalized spacial score (nSPS) is 10.2. The first-order chi connectivity index (χ1) is 11.6.